The van der Waals surface area contributed by atoms with E-state index >= 15 is 0 Å². The van der Waals surface area contributed by atoms with Gasteiger partial charge in [-0.05, 0) is 49.3 Å². The number of nitrogens with two attached hydrogens (primary N) is 1. The first-order valence-electron chi connectivity index (χ1n) is 11.4. The van der Waals surface area contributed by atoms with E-state index < -0.39 is 0 Å². The minimum atomic E-state index is 0.181. The molecule has 2 amide bonds. The number of hydrogen-bond donors (Lipinski definition) is 3. The van der Waals surface area contributed by atoms with Crippen LogP contribution in [-0.4, -0.2) is 54.9 Å². The fourth-order valence-electron chi connectivity index (χ4n) is 3.11. The lowest BCUT2D eigenvalue weighted by atomic mass is 10.0. The van der Waals surface area contributed by atoms with Crippen LogP contribution in [0.1, 0.15) is 25.8 Å². The number of carbonyl (C=O) groups excluding carboxylic acids is 2. The number of nitrogen functional groups attached to an aromatic ring is 1. The fraction of sp³-hybridized carbons (Fsp3) is 0.308. The van der Waals surface area contributed by atoms with Gasteiger partial charge in [0.15, 0.2) is 0 Å². The lowest BCUT2D eigenvalue weighted by Crippen LogP contribution is -2.19. The van der Waals surface area contributed by atoms with E-state index in [9.17, 15) is 9.59 Å². The van der Waals surface area contributed by atoms with Crippen LogP contribution < -0.4 is 16.4 Å². The maximum Gasteiger partial charge on any atom is 0.221 e. The van der Waals surface area contributed by atoms with Crippen molar-refractivity contribution in [1.82, 2.24) is 20.2 Å². The smallest absolute Gasteiger partial charge is 0.221 e. The first-order chi connectivity index (χ1) is 16.8. The molecule has 0 saturated carbocycles. The summed E-state index contributed by atoms with van der Waals surface area (Å²) in [6.07, 6.45) is 2.80. The zero-order valence-corrected chi connectivity index (χ0v) is 22.0. The number of rotatable bonds is 5. The first-order valence-corrected chi connectivity index (χ1v) is 12.2. The summed E-state index contributed by atoms with van der Waals surface area (Å²) in [4.78, 5) is 31.2. The number of aromatic nitrogens is 2. The summed E-state index contributed by atoms with van der Waals surface area (Å²) in [6, 6.07) is 12.3. The Morgan fingerprint density at radius 2 is 1.77 bits per heavy atom. The minimum Gasteiger partial charge on any atom is -0.382 e. The van der Waals surface area contributed by atoms with Crippen molar-refractivity contribution < 1.29 is 9.59 Å². The molecule has 0 unspecified atom stereocenters. The third-order valence-corrected chi connectivity index (χ3v) is 6.38. The van der Waals surface area contributed by atoms with Crippen LogP contribution in [-0.2, 0) is 9.59 Å². The van der Waals surface area contributed by atoms with Crippen LogP contribution in [0, 0.1) is 6.92 Å². The largest absolute Gasteiger partial charge is 0.382 e. The normalized spacial score (nSPS) is 10.1. The molecule has 0 atom stereocenters. The average molecular weight is 495 g/mol. The molecule has 35 heavy (non-hydrogen) atoms. The van der Waals surface area contributed by atoms with Crippen molar-refractivity contribution >= 4 is 55.5 Å². The highest BCUT2D eigenvalue weighted by Gasteiger charge is 2.11. The number of amides is 2. The molecule has 0 radical (unpaired) electrons. The Morgan fingerprint density at radius 3 is 2.34 bits per heavy atom. The van der Waals surface area contributed by atoms with Crippen molar-refractivity contribution in [3.8, 4) is 11.1 Å². The van der Waals surface area contributed by atoms with Gasteiger partial charge in [-0.25, -0.2) is 9.97 Å². The van der Waals surface area contributed by atoms with Gasteiger partial charge < -0.3 is 21.3 Å². The van der Waals surface area contributed by atoms with Crippen LogP contribution in [0.4, 0.5) is 11.5 Å². The zero-order chi connectivity index (χ0) is 26.0. The van der Waals surface area contributed by atoms with Gasteiger partial charge in [-0.1, -0.05) is 38.1 Å². The molecule has 186 valence electrons. The molecule has 0 aliphatic heterocycles. The number of aryl methyl sites for hydroxylation is 1. The lowest BCUT2D eigenvalue weighted by Gasteiger charge is -2.08. The molecule has 9 heteroatoms. The summed E-state index contributed by atoms with van der Waals surface area (Å²) < 4.78 is 2.03. The Hall–Kier alpha value is -3.56. The molecule has 8 nitrogen and oxygen atoms in total. The maximum absolute atomic E-state index is 10.7. The Labute approximate surface area is 210 Å². The van der Waals surface area contributed by atoms with Crippen molar-refractivity contribution in [3.63, 3.8) is 0 Å². The number of benzene rings is 2. The highest BCUT2D eigenvalue weighted by Crippen LogP contribution is 2.37. The van der Waals surface area contributed by atoms with Crippen LogP contribution in [0.3, 0.4) is 0 Å². The SMILES string of the molecule is CCC(=O)N(C)C.CCNC.Cc1ccc(-c2ccc3c(c2)sc2c(N)ncnc23)cc1NC=O. The number of anilines is 2. The summed E-state index contributed by atoms with van der Waals surface area (Å²) in [5.41, 5.74) is 10.8. The number of thiophene rings is 1. The molecule has 0 saturated heterocycles. The summed E-state index contributed by atoms with van der Waals surface area (Å²) in [7, 11) is 5.44. The number of fused-ring (bicyclic) bond motifs is 3. The summed E-state index contributed by atoms with van der Waals surface area (Å²) in [5.74, 6) is 0.690. The van der Waals surface area contributed by atoms with Crippen molar-refractivity contribution in [1.29, 1.82) is 0 Å². The van der Waals surface area contributed by atoms with Gasteiger partial charge in [-0.3, -0.25) is 9.59 Å². The van der Waals surface area contributed by atoms with E-state index in [1.165, 1.54) is 6.33 Å². The molecular weight excluding hydrogens is 460 g/mol. The first kappa shape index (κ1) is 27.7. The zero-order valence-electron chi connectivity index (χ0n) is 21.2. The second kappa shape index (κ2) is 13.4. The van der Waals surface area contributed by atoms with Crippen molar-refractivity contribution in [2.75, 3.05) is 38.7 Å². The molecular formula is C26H34N6O2S. The van der Waals surface area contributed by atoms with Gasteiger partial charge in [0.1, 0.15) is 12.1 Å². The summed E-state index contributed by atoms with van der Waals surface area (Å²) >= 11 is 1.59. The van der Waals surface area contributed by atoms with Gasteiger partial charge in [0.05, 0.1) is 10.2 Å². The highest BCUT2D eigenvalue weighted by atomic mass is 32.1. The van der Waals surface area contributed by atoms with Gasteiger partial charge in [-0.2, -0.15) is 0 Å². The van der Waals surface area contributed by atoms with E-state index in [2.05, 4.69) is 45.7 Å². The third kappa shape index (κ3) is 7.21. The molecule has 4 N–H and O–H groups in total. The molecule has 0 aliphatic carbocycles. The van der Waals surface area contributed by atoms with Crippen LogP contribution >= 0.6 is 11.3 Å². The molecule has 0 bridgehead atoms. The van der Waals surface area contributed by atoms with E-state index in [-0.39, 0.29) is 5.91 Å². The Balaban J connectivity index is 0.000000332. The van der Waals surface area contributed by atoms with E-state index in [1.54, 1.807) is 30.3 Å². The second-order valence-corrected chi connectivity index (χ2v) is 8.94. The molecule has 2 aromatic heterocycles. The van der Waals surface area contributed by atoms with Crippen LogP contribution in [0.5, 0.6) is 0 Å². The Morgan fingerprint density at radius 1 is 1.11 bits per heavy atom. The summed E-state index contributed by atoms with van der Waals surface area (Å²) in [5, 5.41) is 6.75. The van der Waals surface area contributed by atoms with Crippen LogP contribution in [0.25, 0.3) is 31.4 Å². The standard InChI is InChI=1S/C18H14N4OS.C5H11NO.C3H9N/c1-10-2-3-11(6-14(10)22-9-23)12-4-5-13-15(7-12)24-17-16(13)20-8-21-18(17)19;1-4-5(7)6(2)3;1-3-4-2/h2-9H,1H3,(H,22,23)(H2,19,20,21);4H2,1-3H3;4H,3H2,1-2H3. The van der Waals surface area contributed by atoms with Crippen LogP contribution in [0.15, 0.2) is 42.7 Å². The van der Waals surface area contributed by atoms with Gasteiger partial charge in [0.2, 0.25) is 12.3 Å². The van der Waals surface area contributed by atoms with Gasteiger partial charge in [0, 0.05) is 36.3 Å². The fourth-order valence-corrected chi connectivity index (χ4v) is 4.21. The minimum absolute atomic E-state index is 0.181. The molecule has 4 aromatic rings. The molecule has 2 heterocycles. The molecule has 0 aliphatic rings. The molecule has 0 spiro atoms. The topological polar surface area (TPSA) is 113 Å². The van der Waals surface area contributed by atoms with Crippen molar-refractivity contribution in [2.24, 2.45) is 0 Å². The predicted octanol–water partition coefficient (Wildman–Crippen LogP) is 4.68. The highest BCUT2D eigenvalue weighted by molar-refractivity contribution is 7.26. The molecule has 0 fully saturated rings. The number of carbonyl (C=O) groups is 2. The van der Waals surface area contributed by atoms with Gasteiger partial charge >= 0.3 is 0 Å². The Kier molecular flexibility index (Phi) is 10.6. The third-order valence-electron chi connectivity index (χ3n) is 5.22. The van der Waals surface area contributed by atoms with E-state index in [0.29, 0.717) is 18.6 Å². The number of nitrogens with zero attached hydrogens (tertiary/aromatic N) is 3. The average Bonchev–Trinajstić information content (AvgIpc) is 3.25. The van der Waals surface area contributed by atoms with Gasteiger partial charge in [-0.15, -0.1) is 11.3 Å². The van der Waals surface area contributed by atoms with Gasteiger partial charge in [0.25, 0.3) is 0 Å². The molecule has 4 rings (SSSR count). The second-order valence-electron chi connectivity index (χ2n) is 7.89. The van der Waals surface area contributed by atoms with Crippen LogP contribution in [0.2, 0.25) is 0 Å². The maximum atomic E-state index is 10.7. The summed E-state index contributed by atoms with van der Waals surface area (Å²) in [6.45, 7) is 6.95. The monoisotopic (exact) mass is 494 g/mol. The Bertz CT molecular complexity index is 1280. The lowest BCUT2D eigenvalue weighted by molar-refractivity contribution is -0.128. The predicted molar refractivity (Wildman–Crippen MR) is 148 cm³/mol. The number of nitrogens with one attached hydrogen (secondary N) is 2. The van der Waals surface area contributed by atoms with Crippen molar-refractivity contribution in [2.45, 2.75) is 27.2 Å². The van der Waals surface area contributed by atoms with E-state index in [4.69, 9.17) is 5.73 Å². The molecule has 2 aromatic carbocycles. The van der Waals surface area contributed by atoms with E-state index in [1.807, 2.05) is 39.1 Å². The number of hydrogen-bond acceptors (Lipinski definition) is 7. The quantitative estimate of drug-likeness (QED) is 0.347. The van der Waals surface area contributed by atoms with Crippen molar-refractivity contribution in [3.05, 3.63) is 48.3 Å². The van der Waals surface area contributed by atoms with E-state index in [0.717, 1.165) is 49.2 Å².